The van der Waals surface area contributed by atoms with Crippen LogP contribution in [0.25, 0.3) is 10.6 Å². The molecule has 0 aliphatic carbocycles. The van der Waals surface area contributed by atoms with Crippen LogP contribution in [0.5, 0.6) is 5.75 Å². The van der Waals surface area contributed by atoms with E-state index in [2.05, 4.69) is 4.98 Å². The van der Waals surface area contributed by atoms with Crippen molar-refractivity contribution in [2.45, 2.75) is 0 Å². The predicted octanol–water partition coefficient (Wildman–Crippen LogP) is 2.11. The minimum Gasteiger partial charge on any atom is -0.496 e. The predicted molar refractivity (Wildman–Crippen MR) is 53.3 cm³/mol. The molecule has 6 heteroatoms. The number of aromatic carboxylic acids is 1. The first-order valence-electron chi connectivity index (χ1n) is 4.02. The molecule has 0 saturated carbocycles. The van der Waals surface area contributed by atoms with Crippen LogP contribution >= 0.6 is 11.3 Å². The van der Waals surface area contributed by atoms with E-state index in [1.165, 1.54) is 11.3 Å². The third-order valence-electron chi connectivity index (χ3n) is 1.80. The second-order valence-corrected chi connectivity index (χ2v) is 3.60. The van der Waals surface area contributed by atoms with E-state index in [0.29, 0.717) is 10.6 Å². The summed E-state index contributed by atoms with van der Waals surface area (Å²) in [5.74, 6) is -0.176. The molecule has 0 amide bonds. The van der Waals surface area contributed by atoms with Gasteiger partial charge >= 0.3 is 5.97 Å². The number of hydrogen-bond acceptors (Lipinski definition) is 5. The zero-order chi connectivity index (χ0) is 10.8. The maximum absolute atomic E-state index is 10.8. The van der Waals surface area contributed by atoms with E-state index in [0.717, 1.165) is 6.39 Å². The first-order valence-corrected chi connectivity index (χ1v) is 4.90. The fraction of sp³-hybridized carbons (Fsp3) is 0.111. The quantitative estimate of drug-likeness (QED) is 0.866. The highest BCUT2D eigenvalue weighted by Crippen LogP contribution is 2.32. The molecule has 0 aliphatic heterocycles. The number of nitrogens with zero attached hydrogens (tertiary/aromatic N) is 1. The van der Waals surface area contributed by atoms with E-state index in [1.807, 2.05) is 0 Å². The Bertz CT molecular complexity index is 488. The van der Waals surface area contributed by atoms with E-state index in [9.17, 15) is 4.79 Å². The number of rotatable bonds is 3. The monoisotopic (exact) mass is 225 g/mol. The largest absolute Gasteiger partial charge is 0.496 e. The fourth-order valence-electron chi connectivity index (χ4n) is 1.12. The molecule has 0 spiro atoms. The summed E-state index contributed by atoms with van der Waals surface area (Å²) in [7, 11) is 1.55. The number of carboxylic acid groups (broad SMARTS) is 1. The average Bonchev–Trinajstić information content (AvgIpc) is 2.85. The molecule has 0 saturated heterocycles. The van der Waals surface area contributed by atoms with Crippen LogP contribution in [0.2, 0.25) is 0 Å². The molecule has 2 aromatic heterocycles. The van der Waals surface area contributed by atoms with Crippen molar-refractivity contribution in [1.82, 2.24) is 4.98 Å². The molecular formula is C9H7NO4S. The SMILES string of the molecule is COc1csc(-c2ocnc2C(=O)O)c1. The van der Waals surface area contributed by atoms with Gasteiger partial charge in [0.2, 0.25) is 0 Å². The summed E-state index contributed by atoms with van der Waals surface area (Å²) >= 11 is 1.34. The summed E-state index contributed by atoms with van der Waals surface area (Å²) in [6.07, 6.45) is 1.12. The summed E-state index contributed by atoms with van der Waals surface area (Å²) in [6, 6.07) is 1.71. The van der Waals surface area contributed by atoms with Crippen molar-refractivity contribution in [2.75, 3.05) is 7.11 Å². The summed E-state index contributed by atoms with van der Waals surface area (Å²) in [5, 5.41) is 10.6. The molecule has 1 N–H and O–H groups in total. The Kier molecular flexibility index (Phi) is 2.42. The number of carbonyl (C=O) groups is 1. The van der Waals surface area contributed by atoms with Gasteiger partial charge in [-0.1, -0.05) is 0 Å². The van der Waals surface area contributed by atoms with E-state index in [-0.39, 0.29) is 11.5 Å². The van der Waals surface area contributed by atoms with Crippen molar-refractivity contribution >= 4 is 17.3 Å². The molecule has 15 heavy (non-hydrogen) atoms. The molecule has 5 nitrogen and oxygen atoms in total. The summed E-state index contributed by atoms with van der Waals surface area (Å²) in [6.45, 7) is 0. The maximum atomic E-state index is 10.8. The second kappa shape index (κ2) is 3.74. The zero-order valence-electron chi connectivity index (χ0n) is 7.76. The van der Waals surface area contributed by atoms with Gasteiger partial charge in [-0.05, 0) is 0 Å². The molecule has 0 radical (unpaired) electrons. The van der Waals surface area contributed by atoms with Crippen molar-refractivity contribution in [3.8, 4) is 16.4 Å². The minimum absolute atomic E-state index is 0.0838. The Morgan fingerprint density at radius 1 is 1.67 bits per heavy atom. The van der Waals surface area contributed by atoms with Gasteiger partial charge < -0.3 is 14.3 Å². The van der Waals surface area contributed by atoms with Gasteiger partial charge in [0.25, 0.3) is 0 Å². The maximum Gasteiger partial charge on any atom is 0.358 e. The smallest absolute Gasteiger partial charge is 0.358 e. The van der Waals surface area contributed by atoms with Gasteiger partial charge in [-0.2, -0.15) is 0 Å². The number of oxazole rings is 1. The van der Waals surface area contributed by atoms with Crippen LogP contribution in [0.1, 0.15) is 10.5 Å². The number of thiophene rings is 1. The van der Waals surface area contributed by atoms with Crippen molar-refractivity contribution in [1.29, 1.82) is 0 Å². The highest BCUT2D eigenvalue weighted by Gasteiger charge is 2.18. The average molecular weight is 225 g/mol. The molecule has 2 heterocycles. The van der Waals surface area contributed by atoms with Gasteiger partial charge in [0, 0.05) is 11.4 Å². The lowest BCUT2D eigenvalue weighted by Crippen LogP contribution is -1.97. The molecule has 0 atom stereocenters. The van der Waals surface area contributed by atoms with Crippen LogP contribution in [0.4, 0.5) is 0 Å². The standard InChI is InChI=1S/C9H7NO4S/c1-13-5-2-6(15-3-5)8-7(9(11)12)10-4-14-8/h2-4H,1H3,(H,11,12). The molecular weight excluding hydrogens is 218 g/mol. The van der Waals surface area contributed by atoms with Crippen molar-refractivity contribution in [3.63, 3.8) is 0 Å². The van der Waals surface area contributed by atoms with Crippen LogP contribution in [0.3, 0.4) is 0 Å². The third kappa shape index (κ3) is 1.71. The number of carboxylic acids is 1. The Balaban J connectivity index is 2.44. The summed E-state index contributed by atoms with van der Waals surface area (Å²) < 4.78 is 10.0. The van der Waals surface area contributed by atoms with E-state index in [1.54, 1.807) is 18.6 Å². The zero-order valence-corrected chi connectivity index (χ0v) is 8.58. The lowest BCUT2D eigenvalue weighted by Gasteiger charge is -1.92. The number of aromatic nitrogens is 1. The van der Waals surface area contributed by atoms with Gasteiger partial charge in [-0.3, -0.25) is 0 Å². The Labute approximate surface area is 88.9 Å². The van der Waals surface area contributed by atoms with Gasteiger partial charge in [0.05, 0.1) is 12.0 Å². The topological polar surface area (TPSA) is 72.6 Å². The van der Waals surface area contributed by atoms with Gasteiger partial charge in [0.1, 0.15) is 5.75 Å². The molecule has 2 rings (SSSR count). The Morgan fingerprint density at radius 3 is 3.07 bits per heavy atom. The molecule has 0 aliphatic rings. The lowest BCUT2D eigenvalue weighted by molar-refractivity contribution is 0.0691. The molecule has 0 bridgehead atoms. The van der Waals surface area contributed by atoms with Crippen molar-refractivity contribution in [3.05, 3.63) is 23.5 Å². The minimum atomic E-state index is -1.11. The fourth-order valence-corrected chi connectivity index (χ4v) is 1.96. The van der Waals surface area contributed by atoms with Crippen molar-refractivity contribution in [2.24, 2.45) is 0 Å². The van der Waals surface area contributed by atoms with Crippen LogP contribution in [-0.4, -0.2) is 23.2 Å². The molecule has 0 unspecified atom stereocenters. The second-order valence-electron chi connectivity index (χ2n) is 2.69. The first-order chi connectivity index (χ1) is 7.22. The van der Waals surface area contributed by atoms with Crippen molar-refractivity contribution < 1.29 is 19.1 Å². The number of methoxy groups -OCH3 is 1. The normalized spacial score (nSPS) is 10.2. The third-order valence-corrected chi connectivity index (χ3v) is 2.71. The molecule has 0 aromatic carbocycles. The molecule has 0 fully saturated rings. The van der Waals surface area contributed by atoms with Gasteiger partial charge in [-0.25, -0.2) is 9.78 Å². The first kappa shape index (κ1) is 9.72. The van der Waals surface area contributed by atoms with E-state index >= 15 is 0 Å². The lowest BCUT2D eigenvalue weighted by atomic mass is 10.3. The summed E-state index contributed by atoms with van der Waals surface area (Å²) in [5.41, 5.74) is -0.0838. The van der Waals surface area contributed by atoms with Crippen LogP contribution < -0.4 is 4.74 Å². The van der Waals surface area contributed by atoms with Crippen LogP contribution in [0, 0.1) is 0 Å². The number of ether oxygens (including phenoxy) is 1. The molecule has 2 aromatic rings. The van der Waals surface area contributed by atoms with Crippen LogP contribution in [0.15, 0.2) is 22.3 Å². The highest BCUT2D eigenvalue weighted by atomic mass is 32.1. The highest BCUT2D eigenvalue weighted by molar-refractivity contribution is 7.13. The Morgan fingerprint density at radius 2 is 2.47 bits per heavy atom. The Hall–Kier alpha value is -1.82. The number of hydrogen-bond donors (Lipinski definition) is 1. The van der Waals surface area contributed by atoms with E-state index < -0.39 is 5.97 Å². The van der Waals surface area contributed by atoms with Gasteiger partial charge in [-0.15, -0.1) is 11.3 Å². The van der Waals surface area contributed by atoms with Crippen LogP contribution in [-0.2, 0) is 0 Å². The summed E-state index contributed by atoms with van der Waals surface area (Å²) in [4.78, 5) is 15.1. The van der Waals surface area contributed by atoms with E-state index in [4.69, 9.17) is 14.3 Å². The van der Waals surface area contributed by atoms with Gasteiger partial charge in [0.15, 0.2) is 17.8 Å². The molecule has 78 valence electrons.